The first-order chi connectivity index (χ1) is 7.65. The highest BCUT2D eigenvalue weighted by atomic mass is 16.6. The molecule has 0 radical (unpaired) electrons. The van der Waals surface area contributed by atoms with Gasteiger partial charge < -0.3 is 14.6 Å². The van der Waals surface area contributed by atoms with Gasteiger partial charge in [0, 0.05) is 6.42 Å². The number of H-pyrrole nitrogens is 1. The number of aliphatic hydroxyl groups excluding tert-OH is 1. The molecule has 3 rings (SSSR count). The molecule has 3 atom stereocenters. The Morgan fingerprint density at radius 3 is 3.12 bits per heavy atom. The number of hydrogen-bond acceptors (Lipinski definition) is 5. The Morgan fingerprint density at radius 2 is 2.31 bits per heavy atom. The summed E-state index contributed by atoms with van der Waals surface area (Å²) in [6.45, 7) is 0.139. The zero-order chi connectivity index (χ0) is 11.3. The van der Waals surface area contributed by atoms with Crippen LogP contribution in [0, 0.1) is 0 Å². The van der Waals surface area contributed by atoms with Crippen molar-refractivity contribution in [1.29, 1.82) is 0 Å². The van der Waals surface area contributed by atoms with E-state index in [1.165, 1.54) is 10.6 Å². The van der Waals surface area contributed by atoms with Crippen LogP contribution in [0.4, 0.5) is 0 Å². The van der Waals surface area contributed by atoms with Crippen molar-refractivity contribution in [1.82, 2.24) is 9.55 Å². The summed E-state index contributed by atoms with van der Waals surface area (Å²) < 4.78 is 11.9. The molecule has 2 bridgehead atoms. The van der Waals surface area contributed by atoms with Crippen LogP contribution in [0.2, 0.25) is 0 Å². The summed E-state index contributed by atoms with van der Waals surface area (Å²) >= 11 is 0. The fourth-order valence-electron chi connectivity index (χ4n) is 2.06. The van der Waals surface area contributed by atoms with Crippen molar-refractivity contribution in [2.45, 2.75) is 24.9 Å². The molecule has 1 aromatic rings. The number of aromatic nitrogens is 2. The topological polar surface area (TPSA) is 93.6 Å². The number of fused-ring (bicyclic) bond motifs is 4. The van der Waals surface area contributed by atoms with Gasteiger partial charge in [-0.2, -0.15) is 0 Å². The predicted molar refractivity (Wildman–Crippen MR) is 51.4 cm³/mol. The number of ether oxygens (including phenoxy) is 2. The highest BCUT2D eigenvalue weighted by Crippen LogP contribution is 2.32. The van der Waals surface area contributed by atoms with Crippen molar-refractivity contribution < 1.29 is 14.6 Å². The number of aromatic amines is 1. The Kier molecular flexibility index (Phi) is 1.92. The van der Waals surface area contributed by atoms with Gasteiger partial charge in [0.2, 0.25) is 5.88 Å². The first kappa shape index (κ1) is 9.61. The molecule has 2 aliphatic rings. The van der Waals surface area contributed by atoms with Gasteiger partial charge in [0.1, 0.15) is 18.9 Å². The number of nitrogens with zero attached hydrogens (tertiary/aromatic N) is 1. The Hall–Kier alpha value is -1.60. The van der Waals surface area contributed by atoms with E-state index in [4.69, 9.17) is 9.47 Å². The highest BCUT2D eigenvalue weighted by molar-refractivity contribution is 5.11. The molecule has 0 amide bonds. The molecule has 0 saturated carbocycles. The van der Waals surface area contributed by atoms with E-state index >= 15 is 0 Å². The molecule has 2 N–H and O–H groups in total. The molecule has 2 aliphatic heterocycles. The van der Waals surface area contributed by atoms with Crippen LogP contribution in [0.25, 0.3) is 0 Å². The zero-order valence-corrected chi connectivity index (χ0v) is 8.25. The van der Waals surface area contributed by atoms with Gasteiger partial charge in [-0.1, -0.05) is 0 Å². The molecule has 86 valence electrons. The van der Waals surface area contributed by atoms with Gasteiger partial charge in [-0.15, -0.1) is 0 Å². The monoisotopic (exact) mass is 226 g/mol. The standard InChI is InChI=1S/C9H10N2O5/c12-4-1-8-11-7(15-3-5(4)16-8)2-6(13)10-9(11)14/h2,4-5,8,12H,1,3H2,(H,10,13,14). The van der Waals surface area contributed by atoms with Crippen molar-refractivity contribution in [2.75, 3.05) is 6.61 Å². The van der Waals surface area contributed by atoms with Gasteiger partial charge in [-0.05, 0) is 0 Å². The average Bonchev–Trinajstić information content (AvgIpc) is 2.43. The smallest absolute Gasteiger partial charge is 0.333 e. The van der Waals surface area contributed by atoms with Gasteiger partial charge in [0.05, 0.1) is 12.2 Å². The number of rotatable bonds is 0. The van der Waals surface area contributed by atoms with Gasteiger partial charge in [-0.3, -0.25) is 9.78 Å². The van der Waals surface area contributed by atoms with E-state index in [1.54, 1.807) is 0 Å². The van der Waals surface area contributed by atoms with Crippen LogP contribution in [0.1, 0.15) is 12.6 Å². The third-order valence-corrected chi connectivity index (χ3v) is 2.83. The molecule has 1 fully saturated rings. The largest absolute Gasteiger partial charge is 0.476 e. The molecule has 0 aliphatic carbocycles. The van der Waals surface area contributed by atoms with Crippen molar-refractivity contribution in [3.8, 4) is 5.88 Å². The van der Waals surface area contributed by atoms with E-state index in [-0.39, 0.29) is 12.5 Å². The second-order valence-corrected chi connectivity index (χ2v) is 3.89. The van der Waals surface area contributed by atoms with Crippen LogP contribution < -0.4 is 16.0 Å². The predicted octanol–water partition coefficient (Wildman–Crippen LogP) is -1.42. The lowest BCUT2D eigenvalue weighted by Gasteiger charge is -2.16. The summed E-state index contributed by atoms with van der Waals surface area (Å²) in [6.07, 6.45) is -1.33. The fourth-order valence-corrected chi connectivity index (χ4v) is 2.06. The highest BCUT2D eigenvalue weighted by Gasteiger charge is 2.39. The van der Waals surface area contributed by atoms with Crippen LogP contribution >= 0.6 is 0 Å². The molecule has 3 heterocycles. The number of aliphatic hydroxyl groups is 1. The lowest BCUT2D eigenvalue weighted by Crippen LogP contribution is -2.33. The molecular formula is C9H10N2O5. The zero-order valence-electron chi connectivity index (χ0n) is 8.25. The maximum Gasteiger partial charge on any atom is 0.333 e. The summed E-state index contributed by atoms with van der Waals surface area (Å²) in [4.78, 5) is 24.8. The molecule has 7 heteroatoms. The lowest BCUT2D eigenvalue weighted by atomic mass is 10.2. The van der Waals surface area contributed by atoms with Crippen LogP contribution in [-0.4, -0.2) is 33.5 Å². The first-order valence-corrected chi connectivity index (χ1v) is 4.97. The minimum absolute atomic E-state index is 0.139. The van der Waals surface area contributed by atoms with Crippen LogP contribution in [0.5, 0.6) is 5.88 Å². The molecule has 1 saturated heterocycles. The Bertz CT molecular complexity index is 533. The summed E-state index contributed by atoms with van der Waals surface area (Å²) in [5.74, 6) is 0.188. The molecule has 1 aromatic heterocycles. The minimum Gasteiger partial charge on any atom is -0.476 e. The van der Waals surface area contributed by atoms with Crippen LogP contribution in [-0.2, 0) is 4.74 Å². The van der Waals surface area contributed by atoms with Gasteiger partial charge in [0.25, 0.3) is 5.56 Å². The molecule has 3 unspecified atom stereocenters. The second kappa shape index (κ2) is 3.19. The van der Waals surface area contributed by atoms with E-state index in [9.17, 15) is 14.7 Å². The summed E-state index contributed by atoms with van der Waals surface area (Å²) in [7, 11) is 0. The number of hydrogen-bond donors (Lipinski definition) is 2. The van der Waals surface area contributed by atoms with Crippen molar-refractivity contribution in [2.24, 2.45) is 0 Å². The maximum absolute atomic E-state index is 11.6. The summed E-state index contributed by atoms with van der Waals surface area (Å²) in [5, 5.41) is 9.60. The molecule has 0 spiro atoms. The Balaban J connectivity index is 2.17. The SMILES string of the molecule is O=c1cc2n(c(=O)[nH]1)C1CC(O)C(CO2)O1. The average molecular weight is 226 g/mol. The second-order valence-electron chi connectivity index (χ2n) is 3.89. The minimum atomic E-state index is -0.642. The molecular weight excluding hydrogens is 216 g/mol. The third-order valence-electron chi connectivity index (χ3n) is 2.83. The van der Waals surface area contributed by atoms with Crippen molar-refractivity contribution in [3.05, 3.63) is 26.9 Å². The Labute approximate surface area is 89.2 Å². The molecule has 16 heavy (non-hydrogen) atoms. The number of nitrogens with one attached hydrogen (secondary N) is 1. The van der Waals surface area contributed by atoms with E-state index < -0.39 is 29.7 Å². The summed E-state index contributed by atoms with van der Waals surface area (Å²) in [5.41, 5.74) is -1.09. The van der Waals surface area contributed by atoms with Crippen molar-refractivity contribution >= 4 is 0 Å². The fraction of sp³-hybridized carbons (Fsp3) is 0.556. The quantitative estimate of drug-likeness (QED) is 0.566. The van der Waals surface area contributed by atoms with Gasteiger partial charge in [0.15, 0.2) is 0 Å². The summed E-state index contributed by atoms with van der Waals surface area (Å²) in [6, 6.07) is 1.21. The Morgan fingerprint density at radius 1 is 1.50 bits per heavy atom. The normalized spacial score (nSPS) is 31.7. The van der Waals surface area contributed by atoms with E-state index in [0.717, 1.165) is 0 Å². The van der Waals surface area contributed by atoms with E-state index in [2.05, 4.69) is 4.98 Å². The lowest BCUT2D eigenvalue weighted by molar-refractivity contribution is -0.0214. The van der Waals surface area contributed by atoms with Gasteiger partial charge >= 0.3 is 5.69 Å². The van der Waals surface area contributed by atoms with Gasteiger partial charge in [-0.25, -0.2) is 9.36 Å². The molecule has 7 nitrogen and oxygen atoms in total. The third kappa shape index (κ3) is 1.29. The van der Waals surface area contributed by atoms with Crippen molar-refractivity contribution in [3.63, 3.8) is 0 Å². The van der Waals surface area contributed by atoms with E-state index in [0.29, 0.717) is 6.42 Å². The maximum atomic E-state index is 11.6. The van der Waals surface area contributed by atoms with Crippen LogP contribution in [0.15, 0.2) is 15.7 Å². The first-order valence-electron chi connectivity index (χ1n) is 4.97. The molecule has 0 aromatic carbocycles. The van der Waals surface area contributed by atoms with E-state index in [1.807, 2.05) is 0 Å². The van der Waals surface area contributed by atoms with Crippen LogP contribution in [0.3, 0.4) is 0 Å².